The van der Waals surface area contributed by atoms with Gasteiger partial charge in [-0.1, -0.05) is 0 Å². The van der Waals surface area contributed by atoms with Crippen molar-refractivity contribution in [3.63, 3.8) is 0 Å². The molecule has 110 valence electrons. The Morgan fingerprint density at radius 1 is 1.45 bits per heavy atom. The lowest BCUT2D eigenvalue weighted by Gasteiger charge is -2.15. The molecule has 6 heteroatoms. The summed E-state index contributed by atoms with van der Waals surface area (Å²) in [5, 5.41) is 22.7. The van der Waals surface area contributed by atoms with E-state index < -0.39 is 0 Å². The fourth-order valence-electron chi connectivity index (χ4n) is 1.76. The Kier molecular flexibility index (Phi) is 7.88. The topological polar surface area (TPSA) is 76.4 Å². The molecule has 0 fully saturated rings. The van der Waals surface area contributed by atoms with Gasteiger partial charge in [0.25, 0.3) is 0 Å². The molecule has 1 heterocycles. The smallest absolute Gasteiger partial charge is 0.226 e. The molecule has 0 aliphatic heterocycles. The Morgan fingerprint density at radius 2 is 2.25 bits per heavy atom. The van der Waals surface area contributed by atoms with Crippen LogP contribution >= 0.6 is 11.3 Å². The maximum atomic E-state index is 11.8. The number of unbranched alkanes of at least 4 members (excludes halogenated alkanes) is 2. The van der Waals surface area contributed by atoms with Gasteiger partial charge < -0.3 is 15.3 Å². The van der Waals surface area contributed by atoms with E-state index in [-0.39, 0.29) is 12.5 Å². The molecule has 0 aliphatic rings. The zero-order valence-electron chi connectivity index (χ0n) is 11.8. The molecule has 0 unspecified atom stereocenters. The monoisotopic (exact) mass is 295 g/mol. The summed E-state index contributed by atoms with van der Waals surface area (Å²) in [4.78, 5) is 13.9. The first-order chi connectivity index (χ1) is 9.67. The largest absolute Gasteiger partial charge is 0.396 e. The number of aliphatic hydroxyl groups is 1. The Hall–Kier alpha value is -1.42. The van der Waals surface area contributed by atoms with Crippen molar-refractivity contribution in [3.8, 4) is 6.07 Å². The maximum absolute atomic E-state index is 11.8. The number of aliphatic hydroxyl groups excluding tert-OH is 1. The third-order valence-corrected chi connectivity index (χ3v) is 3.79. The van der Waals surface area contributed by atoms with Crippen LogP contribution in [0.1, 0.15) is 31.2 Å². The Morgan fingerprint density at radius 3 is 2.95 bits per heavy atom. The third kappa shape index (κ3) is 6.15. The number of hydrogen-bond acceptors (Lipinski definition) is 5. The van der Waals surface area contributed by atoms with Crippen molar-refractivity contribution in [3.05, 3.63) is 17.0 Å². The van der Waals surface area contributed by atoms with Crippen LogP contribution in [0.5, 0.6) is 0 Å². The molecule has 0 atom stereocenters. The molecular formula is C14H21N3O2S. The highest BCUT2D eigenvalue weighted by atomic mass is 32.1. The molecule has 5 nitrogen and oxygen atoms in total. The molecule has 0 radical (unpaired) electrons. The number of carbonyl (C=O) groups is 1. The van der Waals surface area contributed by atoms with Gasteiger partial charge >= 0.3 is 0 Å². The van der Waals surface area contributed by atoms with Crippen molar-refractivity contribution in [1.82, 2.24) is 4.90 Å². The molecule has 2 N–H and O–H groups in total. The molecule has 20 heavy (non-hydrogen) atoms. The molecule has 0 saturated carbocycles. The molecular weight excluding hydrogens is 274 g/mol. The molecule has 0 bridgehead atoms. The van der Waals surface area contributed by atoms with Crippen molar-refractivity contribution in [2.45, 2.75) is 25.7 Å². The summed E-state index contributed by atoms with van der Waals surface area (Å²) in [6.45, 7) is 1.86. The van der Waals surface area contributed by atoms with Crippen LogP contribution in [0, 0.1) is 11.3 Å². The second-order valence-electron chi connectivity index (χ2n) is 4.66. The Bertz CT molecular complexity index is 454. The number of amides is 1. The summed E-state index contributed by atoms with van der Waals surface area (Å²) in [5.74, 6) is -0.0637. The number of nitriles is 1. The zero-order valence-corrected chi connectivity index (χ0v) is 12.6. The van der Waals surface area contributed by atoms with Gasteiger partial charge in [-0.05, 0) is 44.3 Å². The lowest BCUT2D eigenvalue weighted by Crippen LogP contribution is -2.25. The van der Waals surface area contributed by atoms with Gasteiger partial charge in [0.15, 0.2) is 0 Å². The van der Waals surface area contributed by atoms with Crippen LogP contribution in [0.4, 0.5) is 5.00 Å². The zero-order chi connectivity index (χ0) is 14.8. The van der Waals surface area contributed by atoms with Gasteiger partial charge in [-0.25, -0.2) is 0 Å². The summed E-state index contributed by atoms with van der Waals surface area (Å²) in [6.07, 6.45) is 3.29. The van der Waals surface area contributed by atoms with Crippen LogP contribution in [0.2, 0.25) is 0 Å². The number of nitrogens with zero attached hydrogens (tertiary/aromatic N) is 2. The summed E-state index contributed by atoms with van der Waals surface area (Å²) in [7, 11) is 1.98. The van der Waals surface area contributed by atoms with Crippen molar-refractivity contribution >= 4 is 22.2 Å². The Balaban J connectivity index is 2.21. The second-order valence-corrected chi connectivity index (χ2v) is 5.58. The van der Waals surface area contributed by atoms with E-state index in [4.69, 9.17) is 10.4 Å². The van der Waals surface area contributed by atoms with E-state index in [1.54, 1.807) is 11.4 Å². The fraction of sp³-hybridized carbons (Fsp3) is 0.571. The average molecular weight is 295 g/mol. The van der Waals surface area contributed by atoms with Crippen LogP contribution in [0.3, 0.4) is 0 Å². The van der Waals surface area contributed by atoms with Crippen LogP contribution < -0.4 is 5.32 Å². The molecule has 0 saturated heterocycles. The summed E-state index contributed by atoms with van der Waals surface area (Å²) >= 11 is 1.36. The second kappa shape index (κ2) is 9.48. The highest BCUT2D eigenvalue weighted by Gasteiger charge is 2.09. The van der Waals surface area contributed by atoms with Crippen LogP contribution in [-0.2, 0) is 4.79 Å². The number of rotatable bonds is 9. The van der Waals surface area contributed by atoms with Gasteiger partial charge in [0, 0.05) is 19.6 Å². The standard InChI is InChI=1S/C14H21N3O2S/c1-17(7-3-2-4-9-18)8-5-13(19)16-14-12(11-15)6-10-20-14/h6,10,18H,2-5,7-9H2,1H3,(H,16,19). The third-order valence-electron chi connectivity index (χ3n) is 2.96. The normalized spacial score (nSPS) is 10.5. The number of hydrogen-bond donors (Lipinski definition) is 2. The van der Waals surface area contributed by atoms with E-state index in [1.807, 2.05) is 7.05 Å². The molecule has 0 aromatic carbocycles. The summed E-state index contributed by atoms with van der Waals surface area (Å²) in [5.41, 5.74) is 0.515. The minimum atomic E-state index is -0.0637. The van der Waals surface area contributed by atoms with Gasteiger partial charge in [0.1, 0.15) is 11.1 Å². The summed E-state index contributed by atoms with van der Waals surface area (Å²) in [6, 6.07) is 3.75. The van der Waals surface area contributed by atoms with Gasteiger partial charge in [0.2, 0.25) is 5.91 Å². The van der Waals surface area contributed by atoms with Crippen molar-refractivity contribution < 1.29 is 9.90 Å². The fourth-order valence-corrected chi connectivity index (χ4v) is 2.51. The highest BCUT2D eigenvalue weighted by Crippen LogP contribution is 2.22. The molecule has 1 aromatic heterocycles. The molecule has 1 rings (SSSR count). The molecule has 0 spiro atoms. The maximum Gasteiger partial charge on any atom is 0.226 e. The van der Waals surface area contributed by atoms with Crippen molar-refractivity contribution in [2.24, 2.45) is 0 Å². The van der Waals surface area contributed by atoms with E-state index in [0.29, 0.717) is 23.5 Å². The predicted octanol–water partition coefficient (Wildman–Crippen LogP) is 2.04. The van der Waals surface area contributed by atoms with E-state index in [1.165, 1.54) is 11.3 Å². The molecule has 0 aliphatic carbocycles. The van der Waals surface area contributed by atoms with Crippen molar-refractivity contribution in [2.75, 3.05) is 32.1 Å². The van der Waals surface area contributed by atoms with E-state index in [9.17, 15) is 4.79 Å². The van der Waals surface area contributed by atoms with Gasteiger partial charge in [0.05, 0.1) is 5.56 Å². The van der Waals surface area contributed by atoms with Gasteiger partial charge in [-0.2, -0.15) is 5.26 Å². The summed E-state index contributed by atoms with van der Waals surface area (Å²) < 4.78 is 0. The first-order valence-electron chi connectivity index (χ1n) is 6.74. The minimum absolute atomic E-state index is 0.0637. The minimum Gasteiger partial charge on any atom is -0.396 e. The lowest BCUT2D eigenvalue weighted by atomic mass is 10.2. The number of anilines is 1. The van der Waals surface area contributed by atoms with Gasteiger partial charge in [-0.3, -0.25) is 4.79 Å². The molecule has 1 aromatic rings. The van der Waals surface area contributed by atoms with E-state index in [0.717, 1.165) is 25.8 Å². The first-order valence-corrected chi connectivity index (χ1v) is 7.62. The SMILES string of the molecule is CN(CCCCCO)CCC(=O)Nc1sccc1C#N. The van der Waals surface area contributed by atoms with Gasteiger partial charge in [-0.15, -0.1) is 11.3 Å². The quantitative estimate of drug-likeness (QED) is 0.684. The lowest BCUT2D eigenvalue weighted by molar-refractivity contribution is -0.116. The molecule has 1 amide bonds. The first kappa shape index (κ1) is 16.6. The Labute approximate surface area is 123 Å². The van der Waals surface area contributed by atoms with E-state index >= 15 is 0 Å². The predicted molar refractivity (Wildman–Crippen MR) is 80.7 cm³/mol. The number of thiophene rings is 1. The van der Waals surface area contributed by atoms with E-state index in [2.05, 4.69) is 16.3 Å². The number of nitrogens with one attached hydrogen (secondary N) is 1. The average Bonchev–Trinajstić information content (AvgIpc) is 2.88. The van der Waals surface area contributed by atoms with Crippen LogP contribution in [-0.4, -0.2) is 42.7 Å². The van der Waals surface area contributed by atoms with Crippen LogP contribution in [0.25, 0.3) is 0 Å². The van der Waals surface area contributed by atoms with Crippen LogP contribution in [0.15, 0.2) is 11.4 Å². The van der Waals surface area contributed by atoms with Crippen molar-refractivity contribution in [1.29, 1.82) is 5.26 Å². The highest BCUT2D eigenvalue weighted by molar-refractivity contribution is 7.14. The number of carbonyl (C=O) groups excluding carboxylic acids is 1.